The van der Waals surface area contributed by atoms with Gasteiger partial charge in [-0.1, -0.05) is 36.4 Å². The van der Waals surface area contributed by atoms with Crippen LogP contribution in [0.2, 0.25) is 0 Å². The number of aromatic nitrogens is 4. The molecule has 0 saturated carbocycles. The van der Waals surface area contributed by atoms with E-state index in [9.17, 15) is 0 Å². The standard InChI is InChI=1S/C12H9N4/c1-8-10-5-3-2-4-9(10)6-7-11(8)12-13-15-16-14-12/h2-7H,1H2,(H,13,14,15,16). The molecule has 0 bridgehead atoms. The van der Waals surface area contributed by atoms with Crippen LogP contribution in [0.5, 0.6) is 0 Å². The van der Waals surface area contributed by atoms with Crippen molar-refractivity contribution in [3.05, 3.63) is 48.9 Å². The molecule has 4 heteroatoms. The van der Waals surface area contributed by atoms with Gasteiger partial charge in [0.25, 0.3) is 0 Å². The first kappa shape index (κ1) is 9.03. The second-order valence-electron chi connectivity index (χ2n) is 3.56. The van der Waals surface area contributed by atoms with E-state index in [0.717, 1.165) is 16.5 Å². The van der Waals surface area contributed by atoms with E-state index in [2.05, 4.69) is 33.6 Å². The number of aromatic amines is 1. The van der Waals surface area contributed by atoms with Crippen molar-refractivity contribution < 1.29 is 0 Å². The van der Waals surface area contributed by atoms with E-state index in [4.69, 9.17) is 0 Å². The maximum Gasteiger partial charge on any atom is 0.179 e. The van der Waals surface area contributed by atoms with E-state index in [-0.39, 0.29) is 0 Å². The molecule has 1 aromatic heterocycles. The summed E-state index contributed by atoms with van der Waals surface area (Å²) in [5.74, 6) is 0.649. The van der Waals surface area contributed by atoms with Crippen LogP contribution in [0, 0.1) is 6.92 Å². The van der Waals surface area contributed by atoms with Gasteiger partial charge >= 0.3 is 0 Å². The molecule has 0 fully saturated rings. The lowest BCUT2D eigenvalue weighted by atomic mass is 10.00. The molecule has 0 saturated heterocycles. The summed E-state index contributed by atoms with van der Waals surface area (Å²) in [5, 5.41) is 16.1. The molecule has 0 spiro atoms. The van der Waals surface area contributed by atoms with Crippen molar-refractivity contribution in [2.24, 2.45) is 0 Å². The lowest BCUT2D eigenvalue weighted by molar-refractivity contribution is 0.881. The van der Waals surface area contributed by atoms with Gasteiger partial charge in [0.15, 0.2) is 5.82 Å². The predicted molar refractivity (Wildman–Crippen MR) is 61.6 cm³/mol. The van der Waals surface area contributed by atoms with Gasteiger partial charge in [0.05, 0.1) is 0 Å². The van der Waals surface area contributed by atoms with Crippen LogP contribution in [0.15, 0.2) is 36.4 Å². The number of nitrogens with one attached hydrogen (secondary N) is 1. The highest BCUT2D eigenvalue weighted by Crippen LogP contribution is 2.26. The Morgan fingerprint density at radius 1 is 1.06 bits per heavy atom. The summed E-state index contributed by atoms with van der Waals surface area (Å²) in [6.07, 6.45) is 0. The summed E-state index contributed by atoms with van der Waals surface area (Å²) in [4.78, 5) is 0. The molecule has 0 aliphatic rings. The molecule has 2 aromatic carbocycles. The van der Waals surface area contributed by atoms with Crippen molar-refractivity contribution in [1.29, 1.82) is 0 Å². The van der Waals surface area contributed by atoms with Crippen LogP contribution in [-0.2, 0) is 0 Å². The fraction of sp³-hybridized carbons (Fsp3) is 0. The number of H-pyrrole nitrogens is 1. The monoisotopic (exact) mass is 209 g/mol. The van der Waals surface area contributed by atoms with Gasteiger partial charge in [-0.3, -0.25) is 0 Å². The second-order valence-corrected chi connectivity index (χ2v) is 3.56. The SMILES string of the molecule is [CH2]c1c(-c2nnn[nH]2)ccc2ccccc12. The Kier molecular flexibility index (Phi) is 1.93. The van der Waals surface area contributed by atoms with Crippen LogP contribution in [0.1, 0.15) is 5.56 Å². The van der Waals surface area contributed by atoms with E-state index < -0.39 is 0 Å². The van der Waals surface area contributed by atoms with Gasteiger partial charge in [-0.15, -0.1) is 5.10 Å². The van der Waals surface area contributed by atoms with Crippen molar-refractivity contribution in [3.63, 3.8) is 0 Å². The average Bonchev–Trinajstić information content (AvgIpc) is 2.83. The number of tetrazole rings is 1. The molecule has 77 valence electrons. The van der Waals surface area contributed by atoms with E-state index in [1.807, 2.05) is 30.3 Å². The van der Waals surface area contributed by atoms with Crippen LogP contribution in [0.3, 0.4) is 0 Å². The Morgan fingerprint density at radius 3 is 2.75 bits per heavy atom. The molecule has 3 rings (SSSR count). The Labute approximate surface area is 92.3 Å². The average molecular weight is 209 g/mol. The molecule has 0 aliphatic carbocycles. The molecule has 0 aliphatic heterocycles. The zero-order valence-electron chi connectivity index (χ0n) is 8.51. The van der Waals surface area contributed by atoms with Gasteiger partial charge in [0.2, 0.25) is 0 Å². The summed E-state index contributed by atoms with van der Waals surface area (Å²) >= 11 is 0. The van der Waals surface area contributed by atoms with Gasteiger partial charge < -0.3 is 0 Å². The molecule has 0 unspecified atom stereocenters. The van der Waals surface area contributed by atoms with Crippen LogP contribution < -0.4 is 0 Å². The molecule has 1 radical (unpaired) electrons. The quantitative estimate of drug-likeness (QED) is 0.668. The van der Waals surface area contributed by atoms with Crippen molar-refractivity contribution in [3.8, 4) is 11.4 Å². The first-order valence-electron chi connectivity index (χ1n) is 4.94. The molecule has 0 amide bonds. The summed E-state index contributed by atoms with van der Waals surface area (Å²) in [6.45, 7) is 4.09. The van der Waals surface area contributed by atoms with Crippen LogP contribution in [0.25, 0.3) is 22.2 Å². The number of nitrogens with zero attached hydrogens (tertiary/aromatic N) is 3. The zero-order chi connectivity index (χ0) is 11.0. The lowest BCUT2D eigenvalue weighted by Crippen LogP contribution is -1.87. The van der Waals surface area contributed by atoms with E-state index in [1.54, 1.807) is 0 Å². The summed E-state index contributed by atoms with van der Waals surface area (Å²) < 4.78 is 0. The Balaban J connectivity index is 2.32. The fourth-order valence-corrected chi connectivity index (χ4v) is 1.83. The smallest absolute Gasteiger partial charge is 0.179 e. The van der Waals surface area contributed by atoms with Crippen LogP contribution in [-0.4, -0.2) is 20.6 Å². The summed E-state index contributed by atoms with van der Waals surface area (Å²) in [5.41, 5.74) is 1.88. The first-order valence-corrected chi connectivity index (χ1v) is 4.94. The van der Waals surface area contributed by atoms with Gasteiger partial charge in [-0.25, -0.2) is 5.10 Å². The Bertz CT molecular complexity index is 629. The number of fused-ring (bicyclic) bond motifs is 1. The minimum atomic E-state index is 0.649. The van der Waals surface area contributed by atoms with Crippen molar-refractivity contribution >= 4 is 10.8 Å². The molecule has 1 heterocycles. The number of benzene rings is 2. The molecule has 3 aromatic rings. The third-order valence-electron chi connectivity index (χ3n) is 2.64. The van der Waals surface area contributed by atoms with Crippen LogP contribution >= 0.6 is 0 Å². The first-order chi connectivity index (χ1) is 7.86. The predicted octanol–water partition coefficient (Wildman–Crippen LogP) is 2.20. The molecular formula is C12H9N4. The largest absolute Gasteiger partial charge is 0.239 e. The van der Waals surface area contributed by atoms with Crippen molar-refractivity contribution in [2.45, 2.75) is 0 Å². The maximum atomic E-state index is 4.09. The molecule has 16 heavy (non-hydrogen) atoms. The fourth-order valence-electron chi connectivity index (χ4n) is 1.83. The molecular weight excluding hydrogens is 200 g/mol. The van der Waals surface area contributed by atoms with E-state index >= 15 is 0 Å². The molecule has 4 nitrogen and oxygen atoms in total. The summed E-state index contributed by atoms with van der Waals surface area (Å²) in [7, 11) is 0. The van der Waals surface area contributed by atoms with Gasteiger partial charge in [0.1, 0.15) is 0 Å². The van der Waals surface area contributed by atoms with E-state index in [0.29, 0.717) is 5.82 Å². The topological polar surface area (TPSA) is 54.5 Å². The van der Waals surface area contributed by atoms with Gasteiger partial charge in [-0.2, -0.15) is 0 Å². The number of rotatable bonds is 1. The lowest BCUT2D eigenvalue weighted by Gasteiger charge is -2.05. The number of hydrogen-bond donors (Lipinski definition) is 1. The molecule has 1 N–H and O–H groups in total. The minimum Gasteiger partial charge on any atom is -0.239 e. The molecule has 0 atom stereocenters. The highest BCUT2D eigenvalue weighted by atomic mass is 15.5. The highest BCUT2D eigenvalue weighted by Gasteiger charge is 2.07. The zero-order valence-corrected chi connectivity index (χ0v) is 8.51. The Hall–Kier alpha value is -2.23. The third-order valence-corrected chi connectivity index (χ3v) is 2.64. The van der Waals surface area contributed by atoms with E-state index in [1.165, 1.54) is 5.39 Å². The van der Waals surface area contributed by atoms with Gasteiger partial charge in [-0.05, 0) is 33.7 Å². The highest BCUT2D eigenvalue weighted by molar-refractivity contribution is 5.91. The number of hydrogen-bond acceptors (Lipinski definition) is 3. The second kappa shape index (κ2) is 3.41. The third kappa shape index (κ3) is 1.27. The van der Waals surface area contributed by atoms with Crippen molar-refractivity contribution in [1.82, 2.24) is 20.6 Å². The summed E-state index contributed by atoms with van der Waals surface area (Å²) in [6, 6.07) is 12.1. The van der Waals surface area contributed by atoms with Crippen LogP contribution in [0.4, 0.5) is 0 Å². The maximum absolute atomic E-state index is 4.09. The van der Waals surface area contributed by atoms with Gasteiger partial charge in [0, 0.05) is 5.56 Å². The minimum absolute atomic E-state index is 0.649. The normalized spacial score (nSPS) is 10.8. The Morgan fingerprint density at radius 2 is 1.94 bits per heavy atom. The van der Waals surface area contributed by atoms with Crippen molar-refractivity contribution in [2.75, 3.05) is 0 Å².